The lowest BCUT2D eigenvalue weighted by atomic mass is 9.95. The van der Waals surface area contributed by atoms with Crippen molar-refractivity contribution in [2.75, 3.05) is 26.7 Å². The van der Waals surface area contributed by atoms with Gasteiger partial charge in [0.15, 0.2) is 0 Å². The maximum Gasteiger partial charge on any atom is 0.243 e. The number of aryl methyl sites for hydroxylation is 1. The van der Waals surface area contributed by atoms with Gasteiger partial charge in [-0.25, -0.2) is 13.1 Å². The van der Waals surface area contributed by atoms with E-state index in [-0.39, 0.29) is 23.5 Å². The van der Waals surface area contributed by atoms with Gasteiger partial charge in [-0.1, -0.05) is 6.92 Å². The predicted octanol–water partition coefficient (Wildman–Crippen LogP) is -0.116. The van der Waals surface area contributed by atoms with Gasteiger partial charge in [-0.05, 0) is 32.4 Å². The van der Waals surface area contributed by atoms with Crippen molar-refractivity contribution < 1.29 is 13.5 Å². The minimum atomic E-state index is -3.53. The second-order valence-electron chi connectivity index (χ2n) is 5.77. The number of sulfonamides is 1. The van der Waals surface area contributed by atoms with Crippen molar-refractivity contribution in [2.24, 2.45) is 5.92 Å². The molecule has 21 heavy (non-hydrogen) atoms. The molecule has 1 fully saturated rings. The average Bonchev–Trinajstić information content (AvgIpc) is 2.89. The molecule has 1 aliphatic rings. The summed E-state index contributed by atoms with van der Waals surface area (Å²) in [7, 11) is -1.48. The zero-order valence-corrected chi connectivity index (χ0v) is 13.4. The summed E-state index contributed by atoms with van der Waals surface area (Å²) in [5.41, 5.74) is 0. The third-order valence-electron chi connectivity index (χ3n) is 3.88. The Morgan fingerprint density at radius 2 is 2.29 bits per heavy atom. The highest BCUT2D eigenvalue weighted by Crippen LogP contribution is 2.18. The fourth-order valence-corrected chi connectivity index (χ4v) is 3.97. The number of nitrogens with one attached hydrogen (secondary N) is 1. The van der Waals surface area contributed by atoms with Crippen LogP contribution in [0.5, 0.6) is 0 Å². The van der Waals surface area contributed by atoms with Crippen LogP contribution in [-0.4, -0.2) is 61.0 Å². The van der Waals surface area contributed by atoms with Crippen LogP contribution < -0.4 is 4.72 Å². The third-order valence-corrected chi connectivity index (χ3v) is 5.32. The molecule has 2 heterocycles. The number of hydrogen-bond acceptors (Lipinski definition) is 5. The predicted molar refractivity (Wildman–Crippen MR) is 79.3 cm³/mol. The molecule has 120 valence electrons. The van der Waals surface area contributed by atoms with Gasteiger partial charge < -0.3 is 10.0 Å². The average molecular weight is 316 g/mol. The van der Waals surface area contributed by atoms with E-state index in [9.17, 15) is 8.42 Å². The first-order valence-electron chi connectivity index (χ1n) is 7.26. The van der Waals surface area contributed by atoms with Gasteiger partial charge >= 0.3 is 0 Å². The fraction of sp³-hybridized carbons (Fsp3) is 0.769. The van der Waals surface area contributed by atoms with Crippen LogP contribution in [0, 0.1) is 5.92 Å². The van der Waals surface area contributed by atoms with Crippen molar-refractivity contribution in [1.29, 1.82) is 0 Å². The summed E-state index contributed by atoms with van der Waals surface area (Å²) >= 11 is 0. The van der Waals surface area contributed by atoms with Crippen LogP contribution in [0.3, 0.4) is 0 Å². The van der Waals surface area contributed by atoms with E-state index in [1.165, 1.54) is 12.4 Å². The summed E-state index contributed by atoms with van der Waals surface area (Å²) in [5, 5.41) is 12.8. The Morgan fingerprint density at radius 3 is 2.95 bits per heavy atom. The van der Waals surface area contributed by atoms with Crippen molar-refractivity contribution in [2.45, 2.75) is 37.2 Å². The van der Waals surface area contributed by atoms with Crippen LogP contribution >= 0.6 is 0 Å². The minimum Gasteiger partial charge on any atom is -0.396 e. The molecule has 0 bridgehead atoms. The Morgan fingerprint density at radius 1 is 1.52 bits per heavy atom. The molecule has 1 aromatic heterocycles. The van der Waals surface area contributed by atoms with Gasteiger partial charge in [0.25, 0.3) is 0 Å². The molecule has 7 nitrogen and oxygen atoms in total. The number of aliphatic hydroxyl groups is 1. The third kappa shape index (κ3) is 4.26. The summed E-state index contributed by atoms with van der Waals surface area (Å²) < 4.78 is 29.1. The van der Waals surface area contributed by atoms with Crippen LogP contribution in [0.2, 0.25) is 0 Å². The number of rotatable bonds is 6. The Kier molecular flexibility index (Phi) is 5.37. The molecule has 0 aliphatic carbocycles. The quantitative estimate of drug-likeness (QED) is 0.764. The topological polar surface area (TPSA) is 87.5 Å². The molecule has 1 saturated heterocycles. The molecule has 1 aliphatic heterocycles. The van der Waals surface area contributed by atoms with Gasteiger partial charge in [-0.2, -0.15) is 5.10 Å². The van der Waals surface area contributed by atoms with Gasteiger partial charge in [-0.15, -0.1) is 0 Å². The molecule has 0 spiro atoms. The van der Waals surface area contributed by atoms with Crippen molar-refractivity contribution in [1.82, 2.24) is 19.4 Å². The molecule has 2 unspecified atom stereocenters. The first-order chi connectivity index (χ1) is 9.92. The Labute approximate surface area is 126 Å². The van der Waals surface area contributed by atoms with Crippen molar-refractivity contribution >= 4 is 10.0 Å². The number of likely N-dealkylation sites (tertiary alicyclic amines) is 1. The van der Waals surface area contributed by atoms with Gasteiger partial charge in [0.1, 0.15) is 4.90 Å². The van der Waals surface area contributed by atoms with Crippen molar-refractivity contribution in [3.8, 4) is 0 Å². The lowest BCUT2D eigenvalue weighted by Gasteiger charge is -2.34. The monoisotopic (exact) mass is 316 g/mol. The van der Waals surface area contributed by atoms with E-state index >= 15 is 0 Å². The first-order valence-corrected chi connectivity index (χ1v) is 8.75. The number of aromatic nitrogens is 2. The van der Waals surface area contributed by atoms with E-state index in [0.717, 1.165) is 19.5 Å². The number of hydrogen-bond donors (Lipinski definition) is 2. The molecule has 8 heteroatoms. The maximum absolute atomic E-state index is 12.4. The largest absolute Gasteiger partial charge is 0.396 e. The highest BCUT2D eigenvalue weighted by molar-refractivity contribution is 7.89. The Bertz CT molecular complexity index is 558. The molecule has 1 aromatic rings. The zero-order valence-electron chi connectivity index (χ0n) is 12.6. The van der Waals surface area contributed by atoms with Gasteiger partial charge in [0.2, 0.25) is 10.0 Å². The SMILES string of the molecule is CC1CN(C)CCC1NS(=O)(=O)c1cnn(CCCO)c1. The summed E-state index contributed by atoms with van der Waals surface area (Å²) in [6.45, 7) is 4.42. The minimum absolute atomic E-state index is 0.0352. The highest BCUT2D eigenvalue weighted by Gasteiger charge is 2.29. The van der Waals surface area contributed by atoms with E-state index in [2.05, 4.69) is 21.6 Å². The number of piperidine rings is 1. The summed E-state index contributed by atoms with van der Waals surface area (Å²) in [6, 6.07) is -0.0352. The first kappa shape index (κ1) is 16.4. The van der Waals surface area contributed by atoms with Gasteiger partial charge in [0, 0.05) is 31.9 Å². The smallest absolute Gasteiger partial charge is 0.243 e. The van der Waals surface area contributed by atoms with E-state index in [1.807, 2.05) is 7.05 Å². The second-order valence-corrected chi connectivity index (χ2v) is 7.49. The Balaban J connectivity index is 2.02. The standard InChI is InChI=1S/C13H24N4O3S/c1-11-9-16(2)6-4-13(11)15-21(19,20)12-8-14-17(10-12)5-3-7-18/h8,10-11,13,15,18H,3-7,9H2,1-2H3. The van der Waals surface area contributed by atoms with Crippen LogP contribution in [0.25, 0.3) is 0 Å². The molecule has 2 rings (SSSR count). The molecule has 2 atom stereocenters. The molecular formula is C13H24N4O3S. The highest BCUT2D eigenvalue weighted by atomic mass is 32.2. The number of nitrogens with zero attached hydrogens (tertiary/aromatic N) is 3. The van der Waals surface area contributed by atoms with Crippen molar-refractivity contribution in [3.05, 3.63) is 12.4 Å². The number of aliphatic hydroxyl groups excluding tert-OH is 1. The molecule has 0 aromatic carbocycles. The van der Waals surface area contributed by atoms with E-state index in [0.29, 0.717) is 13.0 Å². The van der Waals surface area contributed by atoms with Crippen LogP contribution in [-0.2, 0) is 16.6 Å². The lowest BCUT2D eigenvalue weighted by molar-refractivity contribution is 0.188. The van der Waals surface area contributed by atoms with Gasteiger partial charge in [-0.3, -0.25) is 4.68 Å². The lowest BCUT2D eigenvalue weighted by Crippen LogP contribution is -2.48. The molecule has 2 N–H and O–H groups in total. The van der Waals surface area contributed by atoms with E-state index in [1.54, 1.807) is 4.68 Å². The fourth-order valence-electron chi connectivity index (χ4n) is 2.63. The normalized spacial score (nSPS) is 24.3. The van der Waals surface area contributed by atoms with Crippen molar-refractivity contribution in [3.63, 3.8) is 0 Å². The Hall–Kier alpha value is -0.960. The molecule has 0 amide bonds. The molecule has 0 radical (unpaired) electrons. The zero-order chi connectivity index (χ0) is 15.5. The van der Waals surface area contributed by atoms with Crippen LogP contribution in [0.4, 0.5) is 0 Å². The van der Waals surface area contributed by atoms with E-state index < -0.39 is 10.0 Å². The van der Waals surface area contributed by atoms with Gasteiger partial charge in [0.05, 0.1) is 6.20 Å². The second kappa shape index (κ2) is 6.87. The maximum atomic E-state index is 12.4. The molecule has 0 saturated carbocycles. The van der Waals surface area contributed by atoms with Crippen LogP contribution in [0.15, 0.2) is 17.3 Å². The summed E-state index contributed by atoms with van der Waals surface area (Å²) in [5.74, 6) is 0.281. The van der Waals surface area contributed by atoms with Crippen LogP contribution in [0.1, 0.15) is 19.8 Å². The summed E-state index contributed by atoms with van der Waals surface area (Å²) in [4.78, 5) is 2.40. The summed E-state index contributed by atoms with van der Waals surface area (Å²) in [6.07, 6.45) is 4.24. The van der Waals surface area contributed by atoms with E-state index in [4.69, 9.17) is 5.11 Å². The molecular weight excluding hydrogens is 292 g/mol.